The van der Waals surface area contributed by atoms with Gasteiger partial charge in [-0.3, -0.25) is 10.1 Å². The molecule has 0 amide bonds. The number of hydrogen-bond acceptors (Lipinski definition) is 5. The van der Waals surface area contributed by atoms with E-state index in [9.17, 15) is 23.3 Å². The fourth-order valence-corrected chi connectivity index (χ4v) is 2.22. The second-order valence-corrected chi connectivity index (χ2v) is 4.66. The molecule has 20 heavy (non-hydrogen) atoms. The molecule has 2 rings (SSSR count). The first-order valence-electron chi connectivity index (χ1n) is 6.01. The monoisotopic (exact) mass is 290 g/mol. The number of nitro groups is 1. The molecule has 1 saturated heterocycles. The Morgan fingerprint density at radius 3 is 2.75 bits per heavy atom. The topological polar surface area (TPSA) is 85.3 Å². The lowest BCUT2D eigenvalue weighted by atomic mass is 10.1. The highest BCUT2D eigenvalue weighted by atomic mass is 19.4. The van der Waals surface area contributed by atoms with Gasteiger partial charge in [0.1, 0.15) is 17.6 Å². The number of anilines is 1. The molecule has 0 spiro atoms. The van der Waals surface area contributed by atoms with Gasteiger partial charge in [0.05, 0.1) is 4.92 Å². The Balaban J connectivity index is 2.44. The summed E-state index contributed by atoms with van der Waals surface area (Å²) < 4.78 is 38.0. The average Bonchev–Trinajstić information content (AvgIpc) is 2.37. The van der Waals surface area contributed by atoms with Crippen LogP contribution in [0.15, 0.2) is 12.3 Å². The molecule has 1 aliphatic rings. The molecular formula is C11H13F3N4O2. The number of nitrogens with zero attached hydrogens (tertiary/aromatic N) is 3. The summed E-state index contributed by atoms with van der Waals surface area (Å²) in [5.41, 5.74) is 4.11. The van der Waals surface area contributed by atoms with E-state index in [1.54, 1.807) is 0 Å². The van der Waals surface area contributed by atoms with Gasteiger partial charge in [-0.15, -0.1) is 0 Å². The zero-order chi connectivity index (χ0) is 14.9. The third-order valence-corrected chi connectivity index (χ3v) is 3.15. The molecule has 0 aliphatic carbocycles. The van der Waals surface area contributed by atoms with Crippen LogP contribution < -0.4 is 10.6 Å². The minimum absolute atomic E-state index is 0.0764. The summed E-state index contributed by atoms with van der Waals surface area (Å²) in [7, 11) is 0. The fraction of sp³-hybridized carbons (Fsp3) is 0.545. The molecule has 110 valence electrons. The molecule has 0 radical (unpaired) electrons. The minimum atomic E-state index is -4.64. The largest absolute Gasteiger partial charge is 0.433 e. The molecule has 1 atom stereocenters. The minimum Gasteiger partial charge on any atom is -0.364 e. The van der Waals surface area contributed by atoms with Crippen molar-refractivity contribution in [2.24, 2.45) is 5.73 Å². The lowest BCUT2D eigenvalue weighted by Gasteiger charge is -2.32. The number of halogens is 3. The van der Waals surface area contributed by atoms with Crippen LogP contribution in [-0.4, -0.2) is 29.0 Å². The van der Waals surface area contributed by atoms with Gasteiger partial charge in [0, 0.05) is 19.1 Å². The van der Waals surface area contributed by atoms with Gasteiger partial charge in [0.25, 0.3) is 0 Å². The van der Waals surface area contributed by atoms with E-state index >= 15 is 0 Å². The average molecular weight is 290 g/mol. The Hall–Kier alpha value is -1.90. The number of hydrogen-bond donors (Lipinski definition) is 1. The molecule has 6 nitrogen and oxygen atoms in total. The molecule has 0 aromatic carbocycles. The summed E-state index contributed by atoms with van der Waals surface area (Å²) >= 11 is 0. The van der Waals surface area contributed by atoms with Gasteiger partial charge >= 0.3 is 11.9 Å². The smallest absolute Gasteiger partial charge is 0.364 e. The number of piperidine rings is 1. The van der Waals surface area contributed by atoms with E-state index in [-0.39, 0.29) is 11.7 Å². The van der Waals surface area contributed by atoms with Crippen LogP contribution in [0, 0.1) is 10.1 Å². The number of aromatic nitrogens is 1. The first-order valence-corrected chi connectivity index (χ1v) is 6.01. The van der Waals surface area contributed by atoms with Gasteiger partial charge in [-0.1, -0.05) is 0 Å². The Kier molecular flexibility index (Phi) is 3.80. The summed E-state index contributed by atoms with van der Waals surface area (Å²) in [5, 5.41) is 10.9. The highest BCUT2D eigenvalue weighted by Gasteiger charge is 2.35. The maximum atomic E-state index is 12.7. The number of pyridine rings is 1. The van der Waals surface area contributed by atoms with Crippen LogP contribution in [0.5, 0.6) is 0 Å². The van der Waals surface area contributed by atoms with E-state index in [1.807, 2.05) is 0 Å². The van der Waals surface area contributed by atoms with Crippen LogP contribution in [0.4, 0.5) is 24.5 Å². The Bertz CT molecular complexity index is 521. The van der Waals surface area contributed by atoms with Crippen LogP contribution in [-0.2, 0) is 6.18 Å². The fourth-order valence-electron chi connectivity index (χ4n) is 2.22. The van der Waals surface area contributed by atoms with Gasteiger partial charge in [0.15, 0.2) is 0 Å². The molecule has 2 N–H and O–H groups in total. The lowest BCUT2D eigenvalue weighted by Crippen LogP contribution is -2.43. The number of rotatable bonds is 2. The summed E-state index contributed by atoms with van der Waals surface area (Å²) in [5.74, 6) is 0. The zero-order valence-electron chi connectivity index (χ0n) is 10.4. The van der Waals surface area contributed by atoms with Crippen molar-refractivity contribution in [2.75, 3.05) is 18.0 Å². The zero-order valence-corrected chi connectivity index (χ0v) is 10.4. The van der Waals surface area contributed by atoms with Crippen molar-refractivity contribution in [2.45, 2.75) is 25.1 Å². The molecule has 1 aromatic heterocycles. The van der Waals surface area contributed by atoms with E-state index in [0.717, 1.165) is 12.5 Å². The van der Waals surface area contributed by atoms with E-state index in [2.05, 4.69) is 4.98 Å². The van der Waals surface area contributed by atoms with Gasteiger partial charge < -0.3 is 10.6 Å². The predicted molar refractivity (Wildman–Crippen MR) is 65.3 cm³/mol. The van der Waals surface area contributed by atoms with Gasteiger partial charge in [-0.2, -0.15) is 13.2 Å². The van der Waals surface area contributed by atoms with Crippen molar-refractivity contribution in [1.29, 1.82) is 0 Å². The third kappa shape index (κ3) is 2.98. The maximum absolute atomic E-state index is 12.7. The first kappa shape index (κ1) is 14.5. The predicted octanol–water partition coefficient (Wildman–Crippen LogP) is 1.94. The van der Waals surface area contributed by atoms with Crippen molar-refractivity contribution in [3.05, 3.63) is 28.1 Å². The summed E-state index contributed by atoms with van der Waals surface area (Å²) in [4.78, 5) is 14.8. The van der Waals surface area contributed by atoms with Gasteiger partial charge in [-0.25, -0.2) is 4.98 Å². The van der Waals surface area contributed by atoms with Crippen LogP contribution in [0.1, 0.15) is 18.5 Å². The molecule has 0 bridgehead atoms. The molecule has 1 fully saturated rings. The van der Waals surface area contributed by atoms with E-state index < -0.39 is 22.5 Å². The highest BCUT2D eigenvalue weighted by molar-refractivity contribution is 5.63. The number of nitrogens with two attached hydrogens (primary N) is 1. The molecule has 1 unspecified atom stereocenters. The van der Waals surface area contributed by atoms with Crippen LogP contribution in [0.25, 0.3) is 0 Å². The number of alkyl halides is 3. The normalized spacial score (nSPS) is 20.0. The Labute approximate surface area is 112 Å². The highest BCUT2D eigenvalue weighted by Crippen LogP contribution is 2.35. The molecule has 2 heterocycles. The van der Waals surface area contributed by atoms with Crippen molar-refractivity contribution >= 4 is 11.4 Å². The first-order chi connectivity index (χ1) is 9.29. The molecule has 0 saturated carbocycles. The molecule has 1 aromatic rings. The van der Waals surface area contributed by atoms with Crippen LogP contribution in [0.2, 0.25) is 0 Å². The second-order valence-electron chi connectivity index (χ2n) is 4.66. The van der Waals surface area contributed by atoms with E-state index in [0.29, 0.717) is 25.7 Å². The summed E-state index contributed by atoms with van der Waals surface area (Å²) in [6.07, 6.45) is -2.55. The van der Waals surface area contributed by atoms with E-state index in [1.165, 1.54) is 4.90 Å². The molecular weight excluding hydrogens is 277 g/mol. The van der Waals surface area contributed by atoms with Gasteiger partial charge in [0.2, 0.25) is 0 Å². The van der Waals surface area contributed by atoms with Gasteiger partial charge in [-0.05, 0) is 18.9 Å². The SMILES string of the molecule is NC1CCCN(c2cc(C(F)(F)F)ncc2[N+](=O)[O-])C1. The third-order valence-electron chi connectivity index (χ3n) is 3.15. The Morgan fingerprint density at radius 1 is 1.50 bits per heavy atom. The quantitative estimate of drug-likeness (QED) is 0.664. The second kappa shape index (κ2) is 5.23. The maximum Gasteiger partial charge on any atom is 0.433 e. The molecule has 9 heteroatoms. The van der Waals surface area contributed by atoms with Crippen molar-refractivity contribution in [3.63, 3.8) is 0 Å². The van der Waals surface area contributed by atoms with E-state index in [4.69, 9.17) is 5.73 Å². The summed E-state index contributed by atoms with van der Waals surface area (Å²) in [6, 6.07) is 0.516. The van der Waals surface area contributed by atoms with Crippen LogP contribution >= 0.6 is 0 Å². The lowest BCUT2D eigenvalue weighted by molar-refractivity contribution is -0.384. The molecule has 1 aliphatic heterocycles. The van der Waals surface area contributed by atoms with Crippen LogP contribution in [0.3, 0.4) is 0 Å². The summed E-state index contributed by atoms with van der Waals surface area (Å²) in [6.45, 7) is 0.734. The van der Waals surface area contributed by atoms with Crippen molar-refractivity contribution in [1.82, 2.24) is 4.98 Å². The standard InChI is InChI=1S/C11H13F3N4O2/c12-11(13,14)10-4-8(9(5-16-10)18(19)20)17-3-1-2-7(15)6-17/h4-5,7H,1-3,6,15H2. The van der Waals surface area contributed by atoms with Crippen molar-refractivity contribution < 1.29 is 18.1 Å². The Morgan fingerprint density at radius 2 is 2.20 bits per heavy atom. The van der Waals surface area contributed by atoms with Crippen molar-refractivity contribution in [3.8, 4) is 0 Å².